The molecule has 0 radical (unpaired) electrons. The summed E-state index contributed by atoms with van der Waals surface area (Å²) in [7, 11) is 0. The van der Waals surface area contributed by atoms with Crippen LogP contribution >= 0.6 is 0 Å². The average molecular weight is 455 g/mol. The average Bonchev–Trinajstić information content (AvgIpc) is 3.23. The Morgan fingerprint density at radius 1 is 1.06 bits per heavy atom. The molecule has 3 heterocycles. The first kappa shape index (κ1) is 21.6. The molecule has 3 aromatic heterocycles. The van der Waals surface area contributed by atoms with E-state index in [0.717, 1.165) is 30.5 Å². The van der Waals surface area contributed by atoms with Crippen molar-refractivity contribution >= 4 is 27.9 Å². The first-order chi connectivity index (χ1) is 16.6. The molecule has 1 atom stereocenters. The number of aromatic nitrogens is 6. The maximum absolute atomic E-state index is 13.9. The van der Waals surface area contributed by atoms with Crippen LogP contribution in [-0.2, 0) is 0 Å². The third-order valence-corrected chi connectivity index (χ3v) is 5.97. The van der Waals surface area contributed by atoms with Crippen molar-refractivity contribution in [1.82, 2.24) is 29.2 Å². The lowest BCUT2D eigenvalue weighted by Gasteiger charge is -2.23. The van der Waals surface area contributed by atoms with Gasteiger partial charge in [0.05, 0.1) is 22.6 Å². The summed E-state index contributed by atoms with van der Waals surface area (Å²) in [5, 5.41) is 4.12. The molecule has 3 N–H and O–H groups in total. The molecule has 0 aliphatic heterocycles. The van der Waals surface area contributed by atoms with Gasteiger partial charge >= 0.3 is 0 Å². The van der Waals surface area contributed by atoms with E-state index in [0.29, 0.717) is 33.7 Å². The van der Waals surface area contributed by atoms with E-state index >= 15 is 0 Å². The summed E-state index contributed by atoms with van der Waals surface area (Å²) in [6, 6.07) is 15.1. The molecule has 172 valence electrons. The third-order valence-electron chi connectivity index (χ3n) is 5.97. The molecule has 0 saturated carbocycles. The van der Waals surface area contributed by atoms with Gasteiger partial charge in [0.1, 0.15) is 18.5 Å². The molecule has 0 spiro atoms. The predicted octanol–water partition coefficient (Wildman–Crippen LogP) is 3.89. The number of hydrogen-bond donors (Lipinski definition) is 2. The van der Waals surface area contributed by atoms with E-state index in [-0.39, 0.29) is 11.6 Å². The molecule has 5 rings (SSSR count). The second-order valence-corrected chi connectivity index (χ2v) is 8.30. The number of nitrogens with one attached hydrogen (secondary N) is 1. The monoisotopic (exact) mass is 454 g/mol. The fourth-order valence-electron chi connectivity index (χ4n) is 4.27. The van der Waals surface area contributed by atoms with Crippen molar-refractivity contribution in [2.45, 2.75) is 39.2 Å². The van der Waals surface area contributed by atoms with Crippen LogP contribution < -0.4 is 16.7 Å². The number of benzene rings is 2. The van der Waals surface area contributed by atoms with E-state index in [2.05, 4.69) is 27.2 Å². The van der Waals surface area contributed by atoms with E-state index in [1.54, 1.807) is 4.57 Å². The Balaban J connectivity index is 1.73. The van der Waals surface area contributed by atoms with Crippen LogP contribution in [0.15, 0.2) is 66.0 Å². The zero-order valence-electron chi connectivity index (χ0n) is 19.1. The molecule has 0 bridgehead atoms. The van der Waals surface area contributed by atoms with Crippen molar-refractivity contribution in [2.24, 2.45) is 0 Å². The predicted molar refractivity (Wildman–Crippen MR) is 133 cm³/mol. The van der Waals surface area contributed by atoms with Crippen molar-refractivity contribution in [3.63, 3.8) is 0 Å². The number of nitrogen functional groups attached to an aromatic ring is 1. The largest absolute Gasteiger partial charge is 0.358 e. The molecule has 0 fully saturated rings. The van der Waals surface area contributed by atoms with Crippen molar-refractivity contribution in [3.05, 3.63) is 82.9 Å². The third kappa shape index (κ3) is 3.75. The number of unbranched alkanes of at least 4 members (excludes halogenated alkanes) is 1. The zero-order chi connectivity index (χ0) is 23.7. The van der Waals surface area contributed by atoms with Crippen LogP contribution in [0.3, 0.4) is 0 Å². The lowest BCUT2D eigenvalue weighted by atomic mass is 10.1. The van der Waals surface area contributed by atoms with Crippen LogP contribution in [-0.4, -0.2) is 29.2 Å². The number of anilines is 1. The molecular weight excluding hydrogens is 428 g/mol. The minimum atomic E-state index is -0.293. The minimum absolute atomic E-state index is 0.0910. The highest BCUT2D eigenvalue weighted by Gasteiger charge is 2.23. The lowest BCUT2D eigenvalue weighted by molar-refractivity contribution is 0.589. The van der Waals surface area contributed by atoms with Gasteiger partial charge in [-0.15, -0.1) is 0 Å². The van der Waals surface area contributed by atoms with Crippen LogP contribution in [0.1, 0.15) is 43.6 Å². The number of aryl methyl sites for hydroxylation is 1. The zero-order valence-corrected chi connectivity index (χ0v) is 19.1. The number of fused-ring (bicyclic) bond motifs is 2. The Morgan fingerprint density at radius 3 is 2.68 bits per heavy atom. The summed E-state index contributed by atoms with van der Waals surface area (Å²) in [5.74, 6) is 7.12. The Bertz CT molecular complexity index is 1520. The van der Waals surface area contributed by atoms with Gasteiger partial charge in [0, 0.05) is 0 Å². The van der Waals surface area contributed by atoms with Crippen molar-refractivity contribution < 1.29 is 0 Å². The SMILES string of the molecule is CCCCC(Nc1ncnc2c1ncn2N)c1nc2cccc(C)c2c(=O)n1-c1ccccc1. The van der Waals surface area contributed by atoms with Gasteiger partial charge in [-0.2, -0.15) is 0 Å². The molecule has 9 nitrogen and oxygen atoms in total. The highest BCUT2D eigenvalue weighted by atomic mass is 16.1. The summed E-state index contributed by atoms with van der Waals surface area (Å²) in [4.78, 5) is 31.9. The summed E-state index contributed by atoms with van der Waals surface area (Å²) >= 11 is 0. The fraction of sp³-hybridized carbons (Fsp3) is 0.240. The molecule has 0 aliphatic rings. The quantitative estimate of drug-likeness (QED) is 0.358. The van der Waals surface area contributed by atoms with Crippen molar-refractivity contribution in [3.8, 4) is 5.69 Å². The van der Waals surface area contributed by atoms with E-state index in [4.69, 9.17) is 10.8 Å². The van der Waals surface area contributed by atoms with Crippen LogP contribution in [0, 0.1) is 6.92 Å². The van der Waals surface area contributed by atoms with E-state index in [9.17, 15) is 4.79 Å². The van der Waals surface area contributed by atoms with Gasteiger partial charge < -0.3 is 11.2 Å². The Labute approximate surface area is 196 Å². The van der Waals surface area contributed by atoms with E-state index in [1.807, 2.05) is 55.5 Å². The number of imidazole rings is 1. The molecule has 34 heavy (non-hydrogen) atoms. The van der Waals surface area contributed by atoms with Crippen molar-refractivity contribution in [1.29, 1.82) is 0 Å². The Hall–Kier alpha value is -4.27. The van der Waals surface area contributed by atoms with Gasteiger partial charge in [0.25, 0.3) is 5.56 Å². The van der Waals surface area contributed by atoms with Crippen LogP contribution in [0.5, 0.6) is 0 Å². The van der Waals surface area contributed by atoms with Gasteiger partial charge in [-0.25, -0.2) is 24.6 Å². The maximum atomic E-state index is 13.9. The molecule has 0 saturated heterocycles. The van der Waals surface area contributed by atoms with Crippen molar-refractivity contribution in [2.75, 3.05) is 11.2 Å². The van der Waals surface area contributed by atoms with Gasteiger partial charge in [0.2, 0.25) is 0 Å². The van der Waals surface area contributed by atoms with Crippen LogP contribution in [0.4, 0.5) is 5.82 Å². The number of nitrogens with two attached hydrogens (primary N) is 1. The summed E-state index contributed by atoms with van der Waals surface area (Å²) in [6.45, 7) is 4.07. The fourth-order valence-corrected chi connectivity index (χ4v) is 4.27. The maximum Gasteiger partial charge on any atom is 0.266 e. The molecule has 2 aromatic carbocycles. The highest BCUT2D eigenvalue weighted by molar-refractivity contribution is 5.83. The van der Waals surface area contributed by atoms with E-state index < -0.39 is 0 Å². The molecule has 0 amide bonds. The number of nitrogens with zero attached hydrogens (tertiary/aromatic N) is 6. The van der Waals surface area contributed by atoms with Crippen LogP contribution in [0.2, 0.25) is 0 Å². The first-order valence-corrected chi connectivity index (χ1v) is 11.4. The number of rotatable bonds is 7. The second kappa shape index (κ2) is 8.93. The smallest absolute Gasteiger partial charge is 0.266 e. The summed E-state index contributed by atoms with van der Waals surface area (Å²) in [5.41, 5.74) is 3.34. The summed E-state index contributed by atoms with van der Waals surface area (Å²) in [6.07, 6.45) is 5.64. The number of hydrogen-bond acceptors (Lipinski definition) is 7. The Kier molecular flexibility index (Phi) is 5.67. The minimum Gasteiger partial charge on any atom is -0.358 e. The Morgan fingerprint density at radius 2 is 1.88 bits per heavy atom. The van der Waals surface area contributed by atoms with Crippen LogP contribution in [0.25, 0.3) is 27.8 Å². The van der Waals surface area contributed by atoms with Gasteiger partial charge in [-0.1, -0.05) is 50.1 Å². The number of para-hydroxylation sites is 1. The van der Waals surface area contributed by atoms with Gasteiger partial charge in [-0.05, 0) is 37.1 Å². The lowest BCUT2D eigenvalue weighted by Crippen LogP contribution is -2.29. The highest BCUT2D eigenvalue weighted by Crippen LogP contribution is 2.28. The first-order valence-electron chi connectivity index (χ1n) is 11.4. The standard InChI is InChI=1S/C25H26N8O/c1-3-4-12-19(30-22-21-24(28-14-27-22)32(26)15-29-21)23-31-18-13-8-9-16(2)20(18)25(34)33(23)17-10-6-5-7-11-17/h5-11,13-15,19H,3-4,12,26H2,1-2H3,(H,27,28,30). The molecule has 9 heteroatoms. The normalized spacial score (nSPS) is 12.3. The second-order valence-electron chi connectivity index (χ2n) is 8.30. The topological polar surface area (TPSA) is 117 Å². The van der Waals surface area contributed by atoms with Gasteiger partial charge in [-0.3, -0.25) is 9.36 Å². The molecule has 1 unspecified atom stereocenters. The molecule has 0 aliphatic carbocycles. The van der Waals surface area contributed by atoms with E-state index in [1.165, 1.54) is 17.3 Å². The summed E-state index contributed by atoms with van der Waals surface area (Å²) < 4.78 is 3.07. The van der Waals surface area contributed by atoms with Gasteiger partial charge in [0.15, 0.2) is 17.0 Å². The molecule has 5 aromatic rings. The molecular formula is C25H26N8O.